The van der Waals surface area contributed by atoms with Crippen LogP contribution in [0.2, 0.25) is 10.0 Å². The Hall–Kier alpha value is -0.770. The molecule has 1 fully saturated rings. The Morgan fingerprint density at radius 1 is 1.44 bits per heavy atom. The van der Waals surface area contributed by atoms with Crippen molar-refractivity contribution in [2.24, 2.45) is 0 Å². The average molecular weight is 259 g/mol. The number of hydrogen-bond acceptors (Lipinski definition) is 2. The third kappa shape index (κ3) is 2.48. The van der Waals surface area contributed by atoms with E-state index in [9.17, 15) is 4.79 Å². The van der Waals surface area contributed by atoms with Gasteiger partial charge >= 0.3 is 0 Å². The predicted octanol–water partition coefficient (Wildman–Crippen LogP) is 2.09. The topological polar surface area (TPSA) is 41.1 Å². The Bertz CT molecular complexity index is 403. The summed E-state index contributed by atoms with van der Waals surface area (Å²) < 4.78 is 0. The maximum atomic E-state index is 11.9. The van der Waals surface area contributed by atoms with Gasteiger partial charge in [-0.15, -0.1) is 0 Å². The van der Waals surface area contributed by atoms with Gasteiger partial charge in [0, 0.05) is 12.6 Å². The molecule has 0 aliphatic carbocycles. The van der Waals surface area contributed by atoms with E-state index in [2.05, 4.69) is 10.6 Å². The molecule has 1 amide bonds. The predicted molar refractivity (Wildman–Crippen MR) is 65.2 cm³/mol. The van der Waals surface area contributed by atoms with E-state index in [4.69, 9.17) is 23.2 Å². The zero-order valence-electron chi connectivity index (χ0n) is 8.59. The maximum absolute atomic E-state index is 11.9. The molecule has 0 bridgehead atoms. The van der Waals surface area contributed by atoms with E-state index in [1.807, 2.05) is 0 Å². The molecule has 1 aliphatic heterocycles. The minimum Gasteiger partial charge on any atom is -0.348 e. The van der Waals surface area contributed by atoms with E-state index in [0.29, 0.717) is 15.6 Å². The number of nitrogens with one attached hydrogen (secondary N) is 2. The molecule has 1 unspecified atom stereocenters. The summed E-state index contributed by atoms with van der Waals surface area (Å²) in [6.45, 7) is 1.75. The highest BCUT2D eigenvalue weighted by Crippen LogP contribution is 2.25. The molecule has 1 aromatic rings. The number of rotatable bonds is 2. The fourth-order valence-corrected chi connectivity index (χ4v) is 2.11. The SMILES string of the molecule is O=C(NC1CCNC1)c1cccc(Cl)c1Cl. The van der Waals surface area contributed by atoms with Crippen LogP contribution in [0.4, 0.5) is 0 Å². The van der Waals surface area contributed by atoms with Crippen molar-refractivity contribution in [3.05, 3.63) is 33.8 Å². The summed E-state index contributed by atoms with van der Waals surface area (Å²) in [5.74, 6) is -0.166. The second-order valence-electron chi connectivity index (χ2n) is 3.76. The summed E-state index contributed by atoms with van der Waals surface area (Å²) >= 11 is 11.8. The average Bonchev–Trinajstić information content (AvgIpc) is 2.74. The van der Waals surface area contributed by atoms with Gasteiger partial charge in [0.2, 0.25) is 0 Å². The molecule has 1 atom stereocenters. The number of halogens is 2. The van der Waals surface area contributed by atoms with Crippen molar-refractivity contribution in [3.8, 4) is 0 Å². The van der Waals surface area contributed by atoms with Crippen LogP contribution >= 0.6 is 23.2 Å². The first-order valence-electron chi connectivity index (χ1n) is 5.14. The summed E-state index contributed by atoms with van der Waals surface area (Å²) in [4.78, 5) is 11.9. The largest absolute Gasteiger partial charge is 0.348 e. The molecule has 1 heterocycles. The van der Waals surface area contributed by atoms with E-state index >= 15 is 0 Å². The molecule has 1 saturated heterocycles. The minimum atomic E-state index is -0.166. The van der Waals surface area contributed by atoms with Crippen LogP contribution in [0.5, 0.6) is 0 Å². The van der Waals surface area contributed by atoms with Crippen molar-refractivity contribution in [2.75, 3.05) is 13.1 Å². The van der Waals surface area contributed by atoms with Crippen molar-refractivity contribution >= 4 is 29.1 Å². The van der Waals surface area contributed by atoms with Crippen LogP contribution in [0.1, 0.15) is 16.8 Å². The van der Waals surface area contributed by atoms with Gasteiger partial charge in [0.05, 0.1) is 15.6 Å². The van der Waals surface area contributed by atoms with Crippen LogP contribution in [-0.4, -0.2) is 25.0 Å². The summed E-state index contributed by atoms with van der Waals surface area (Å²) in [5.41, 5.74) is 0.432. The molecule has 0 radical (unpaired) electrons. The maximum Gasteiger partial charge on any atom is 0.253 e. The second kappa shape index (κ2) is 5.04. The molecule has 86 valence electrons. The zero-order valence-corrected chi connectivity index (χ0v) is 10.1. The molecule has 2 rings (SSSR count). The summed E-state index contributed by atoms with van der Waals surface area (Å²) in [5, 5.41) is 6.81. The number of benzene rings is 1. The van der Waals surface area contributed by atoms with Gasteiger partial charge in [-0.25, -0.2) is 0 Å². The Morgan fingerprint density at radius 3 is 2.94 bits per heavy atom. The van der Waals surface area contributed by atoms with Gasteiger partial charge in [-0.05, 0) is 25.1 Å². The van der Waals surface area contributed by atoms with E-state index < -0.39 is 0 Å². The molecule has 1 aromatic carbocycles. The standard InChI is InChI=1S/C11H12Cl2N2O/c12-9-3-1-2-8(10(9)13)11(16)15-7-4-5-14-6-7/h1-3,7,14H,4-6H2,(H,15,16). The van der Waals surface area contributed by atoms with Crippen LogP contribution in [0.25, 0.3) is 0 Å². The number of amides is 1. The van der Waals surface area contributed by atoms with Gasteiger partial charge in [0.15, 0.2) is 0 Å². The van der Waals surface area contributed by atoms with Crippen LogP contribution in [-0.2, 0) is 0 Å². The van der Waals surface area contributed by atoms with Crippen LogP contribution < -0.4 is 10.6 Å². The monoisotopic (exact) mass is 258 g/mol. The summed E-state index contributed by atoms with van der Waals surface area (Å²) in [6.07, 6.45) is 0.948. The first-order valence-corrected chi connectivity index (χ1v) is 5.89. The smallest absolute Gasteiger partial charge is 0.253 e. The van der Waals surface area contributed by atoms with Gasteiger partial charge in [-0.2, -0.15) is 0 Å². The van der Waals surface area contributed by atoms with Gasteiger partial charge < -0.3 is 10.6 Å². The third-order valence-electron chi connectivity index (χ3n) is 2.59. The summed E-state index contributed by atoms with van der Waals surface area (Å²) in [6, 6.07) is 5.24. The Morgan fingerprint density at radius 2 is 2.25 bits per heavy atom. The van der Waals surface area contributed by atoms with Crippen molar-refractivity contribution in [3.63, 3.8) is 0 Å². The first-order chi connectivity index (χ1) is 7.68. The lowest BCUT2D eigenvalue weighted by Crippen LogP contribution is -2.36. The molecular weight excluding hydrogens is 247 g/mol. The molecule has 0 spiro atoms. The normalized spacial score (nSPS) is 19.8. The molecule has 2 N–H and O–H groups in total. The van der Waals surface area contributed by atoms with Gasteiger partial charge in [0.1, 0.15) is 0 Å². The van der Waals surface area contributed by atoms with Crippen LogP contribution in [0, 0.1) is 0 Å². The second-order valence-corrected chi connectivity index (χ2v) is 4.55. The molecular formula is C11H12Cl2N2O. The Labute approximate surface area is 104 Å². The third-order valence-corrected chi connectivity index (χ3v) is 3.41. The highest BCUT2D eigenvalue weighted by molar-refractivity contribution is 6.43. The van der Waals surface area contributed by atoms with Gasteiger partial charge in [-0.3, -0.25) is 4.79 Å². The minimum absolute atomic E-state index is 0.166. The van der Waals surface area contributed by atoms with Crippen molar-refractivity contribution in [2.45, 2.75) is 12.5 Å². The molecule has 0 aromatic heterocycles. The molecule has 16 heavy (non-hydrogen) atoms. The molecule has 1 aliphatic rings. The van der Waals surface area contributed by atoms with Crippen molar-refractivity contribution in [1.82, 2.24) is 10.6 Å². The van der Waals surface area contributed by atoms with E-state index in [1.54, 1.807) is 18.2 Å². The van der Waals surface area contributed by atoms with Crippen molar-refractivity contribution < 1.29 is 4.79 Å². The number of carbonyl (C=O) groups is 1. The lowest BCUT2D eigenvalue weighted by atomic mass is 10.2. The lowest BCUT2D eigenvalue weighted by molar-refractivity contribution is 0.0940. The van der Waals surface area contributed by atoms with E-state index in [0.717, 1.165) is 19.5 Å². The Kier molecular flexibility index (Phi) is 3.69. The van der Waals surface area contributed by atoms with Crippen molar-refractivity contribution in [1.29, 1.82) is 0 Å². The van der Waals surface area contributed by atoms with Crippen LogP contribution in [0.15, 0.2) is 18.2 Å². The molecule has 3 nitrogen and oxygen atoms in total. The van der Waals surface area contributed by atoms with E-state index in [1.165, 1.54) is 0 Å². The highest BCUT2D eigenvalue weighted by atomic mass is 35.5. The first kappa shape index (κ1) is 11.7. The fourth-order valence-electron chi connectivity index (χ4n) is 1.72. The Balaban J connectivity index is 2.11. The lowest BCUT2D eigenvalue weighted by Gasteiger charge is -2.12. The van der Waals surface area contributed by atoms with Gasteiger partial charge in [0.25, 0.3) is 5.91 Å². The van der Waals surface area contributed by atoms with Gasteiger partial charge in [-0.1, -0.05) is 29.3 Å². The molecule has 0 saturated carbocycles. The number of carbonyl (C=O) groups excluding carboxylic acids is 1. The van der Waals surface area contributed by atoms with Crippen LogP contribution in [0.3, 0.4) is 0 Å². The number of hydrogen-bond donors (Lipinski definition) is 2. The zero-order chi connectivity index (χ0) is 11.5. The fraction of sp³-hybridized carbons (Fsp3) is 0.364. The highest BCUT2D eigenvalue weighted by Gasteiger charge is 2.19. The molecule has 5 heteroatoms. The quantitative estimate of drug-likeness (QED) is 0.853. The van der Waals surface area contributed by atoms with E-state index in [-0.39, 0.29) is 11.9 Å². The summed E-state index contributed by atoms with van der Waals surface area (Å²) in [7, 11) is 0.